The van der Waals surface area contributed by atoms with Crippen molar-refractivity contribution >= 4 is 11.7 Å². The molecule has 0 radical (unpaired) electrons. The Morgan fingerprint density at radius 2 is 1.74 bits per heavy atom. The lowest BCUT2D eigenvalue weighted by molar-refractivity contribution is -0.0357. The van der Waals surface area contributed by atoms with Gasteiger partial charge in [-0.3, -0.25) is 4.90 Å². The molecule has 0 unspecified atom stereocenters. The minimum Gasteiger partial charge on any atom is -0.379 e. The normalized spacial score (nSPS) is 22.5. The number of nitrogens with one attached hydrogen (secondary N) is 2. The first-order valence-electron chi connectivity index (χ1n) is 11.8. The molecule has 1 saturated carbocycles. The van der Waals surface area contributed by atoms with Gasteiger partial charge >= 0.3 is 6.03 Å². The quantitative estimate of drug-likeness (QED) is 0.758. The summed E-state index contributed by atoms with van der Waals surface area (Å²) in [5.74, 6) is 0. The summed E-state index contributed by atoms with van der Waals surface area (Å²) in [4.78, 5) is 17.6. The highest BCUT2D eigenvalue weighted by Gasteiger charge is 2.39. The average molecular weight is 426 g/mol. The smallest absolute Gasteiger partial charge is 0.315 e. The Morgan fingerprint density at radius 3 is 2.39 bits per heavy atom. The molecule has 0 atom stereocenters. The monoisotopic (exact) mass is 425 g/mol. The van der Waals surface area contributed by atoms with Crippen molar-refractivity contribution in [1.29, 1.82) is 5.26 Å². The lowest BCUT2D eigenvalue weighted by Crippen LogP contribution is -2.60. The Kier molecular flexibility index (Phi) is 7.31. The molecule has 2 aliphatic heterocycles. The minimum atomic E-state index is -0.0324. The van der Waals surface area contributed by atoms with Crippen LogP contribution in [-0.4, -0.2) is 68.4 Å². The van der Waals surface area contributed by atoms with Gasteiger partial charge in [-0.1, -0.05) is 19.3 Å². The summed E-state index contributed by atoms with van der Waals surface area (Å²) >= 11 is 0. The third kappa shape index (κ3) is 5.50. The average Bonchev–Trinajstić information content (AvgIpc) is 2.84. The van der Waals surface area contributed by atoms with E-state index in [-0.39, 0.29) is 17.6 Å². The van der Waals surface area contributed by atoms with Gasteiger partial charge < -0.3 is 20.3 Å². The largest absolute Gasteiger partial charge is 0.379 e. The van der Waals surface area contributed by atoms with Crippen LogP contribution in [0, 0.1) is 11.3 Å². The number of rotatable bonds is 5. The number of hydrogen-bond acceptors (Lipinski definition) is 5. The molecule has 2 heterocycles. The summed E-state index contributed by atoms with van der Waals surface area (Å²) in [6, 6.07) is 10.1. The number of urea groups is 1. The Labute approximate surface area is 185 Å². The number of ether oxygens (including phenoxy) is 1. The second-order valence-corrected chi connectivity index (χ2v) is 9.13. The Bertz CT molecular complexity index is 755. The molecule has 2 amide bonds. The zero-order valence-corrected chi connectivity index (χ0v) is 18.4. The third-order valence-corrected chi connectivity index (χ3v) is 7.24. The topological polar surface area (TPSA) is 80.6 Å². The maximum atomic E-state index is 12.7. The molecule has 0 aromatic heterocycles. The Balaban J connectivity index is 1.24. The fourth-order valence-corrected chi connectivity index (χ4v) is 5.36. The molecule has 168 valence electrons. The van der Waals surface area contributed by atoms with Gasteiger partial charge in [0.1, 0.15) is 0 Å². The van der Waals surface area contributed by atoms with Crippen LogP contribution in [-0.2, 0) is 4.74 Å². The van der Waals surface area contributed by atoms with E-state index in [1.54, 1.807) is 0 Å². The van der Waals surface area contributed by atoms with Gasteiger partial charge in [-0.25, -0.2) is 4.79 Å². The standard InChI is InChI=1S/C24H35N5O2/c25-18-20-4-6-22(7-5-20)28-12-8-21(9-13-28)27-23(30)26-19-24(10-2-1-3-11-24)29-14-16-31-17-15-29/h4-7,21H,1-3,8-17,19H2,(H2,26,27,30). The van der Waals surface area contributed by atoms with E-state index in [4.69, 9.17) is 10.00 Å². The summed E-state index contributed by atoms with van der Waals surface area (Å²) in [5.41, 5.74) is 1.93. The molecule has 7 heteroatoms. The van der Waals surface area contributed by atoms with Gasteiger partial charge in [-0.05, 0) is 49.9 Å². The van der Waals surface area contributed by atoms with Gasteiger partial charge in [0.25, 0.3) is 0 Å². The predicted molar refractivity (Wildman–Crippen MR) is 121 cm³/mol. The van der Waals surface area contributed by atoms with Gasteiger partial charge in [-0.15, -0.1) is 0 Å². The second kappa shape index (κ2) is 10.3. The number of morpholine rings is 1. The Hall–Kier alpha value is -2.30. The summed E-state index contributed by atoms with van der Waals surface area (Å²) in [6.45, 7) is 6.08. The zero-order chi connectivity index (χ0) is 21.5. The van der Waals surface area contributed by atoms with Crippen LogP contribution in [0.15, 0.2) is 24.3 Å². The van der Waals surface area contributed by atoms with E-state index < -0.39 is 0 Å². The van der Waals surface area contributed by atoms with Crippen molar-refractivity contribution in [2.75, 3.05) is 50.8 Å². The fourth-order valence-electron chi connectivity index (χ4n) is 5.36. The summed E-state index contributed by atoms with van der Waals surface area (Å²) in [7, 11) is 0. The van der Waals surface area contributed by atoms with Crippen molar-refractivity contribution in [3.05, 3.63) is 29.8 Å². The van der Waals surface area contributed by atoms with E-state index in [1.165, 1.54) is 19.3 Å². The number of carbonyl (C=O) groups is 1. The number of anilines is 1. The van der Waals surface area contributed by atoms with Gasteiger partial charge in [0, 0.05) is 50.0 Å². The lowest BCUT2D eigenvalue weighted by atomic mass is 9.80. The molecule has 0 bridgehead atoms. The lowest BCUT2D eigenvalue weighted by Gasteiger charge is -2.48. The molecule has 1 aromatic rings. The number of carbonyl (C=O) groups excluding carboxylic acids is 1. The first-order chi connectivity index (χ1) is 15.2. The van der Waals surface area contributed by atoms with E-state index in [0.29, 0.717) is 5.56 Å². The number of nitriles is 1. The van der Waals surface area contributed by atoms with E-state index in [1.807, 2.05) is 24.3 Å². The van der Waals surface area contributed by atoms with Crippen molar-refractivity contribution in [2.24, 2.45) is 0 Å². The summed E-state index contributed by atoms with van der Waals surface area (Å²) < 4.78 is 5.55. The van der Waals surface area contributed by atoms with Crippen LogP contribution in [0.25, 0.3) is 0 Å². The molecular formula is C24H35N5O2. The molecule has 2 saturated heterocycles. The molecule has 1 aromatic carbocycles. The molecule has 2 N–H and O–H groups in total. The molecule has 0 spiro atoms. The van der Waals surface area contributed by atoms with Crippen LogP contribution >= 0.6 is 0 Å². The minimum absolute atomic E-state index is 0.0324. The van der Waals surface area contributed by atoms with E-state index in [0.717, 1.165) is 77.3 Å². The maximum Gasteiger partial charge on any atom is 0.315 e. The van der Waals surface area contributed by atoms with Crippen molar-refractivity contribution in [1.82, 2.24) is 15.5 Å². The van der Waals surface area contributed by atoms with Gasteiger partial charge in [0.05, 0.1) is 24.8 Å². The number of amides is 2. The van der Waals surface area contributed by atoms with Gasteiger partial charge in [0.15, 0.2) is 0 Å². The van der Waals surface area contributed by atoms with Crippen LogP contribution in [0.4, 0.5) is 10.5 Å². The van der Waals surface area contributed by atoms with E-state index in [2.05, 4.69) is 26.5 Å². The molecule has 31 heavy (non-hydrogen) atoms. The van der Waals surface area contributed by atoms with E-state index in [9.17, 15) is 4.79 Å². The number of piperidine rings is 1. The highest BCUT2D eigenvalue weighted by molar-refractivity contribution is 5.74. The first kappa shape index (κ1) is 21.9. The highest BCUT2D eigenvalue weighted by atomic mass is 16.5. The molecular weight excluding hydrogens is 390 g/mol. The van der Waals surface area contributed by atoms with Crippen LogP contribution in [0.1, 0.15) is 50.5 Å². The van der Waals surface area contributed by atoms with Crippen LogP contribution < -0.4 is 15.5 Å². The third-order valence-electron chi connectivity index (χ3n) is 7.24. The van der Waals surface area contributed by atoms with Gasteiger partial charge in [-0.2, -0.15) is 5.26 Å². The molecule has 1 aliphatic carbocycles. The maximum absolute atomic E-state index is 12.7. The fraction of sp³-hybridized carbons (Fsp3) is 0.667. The first-order valence-corrected chi connectivity index (χ1v) is 11.8. The van der Waals surface area contributed by atoms with Gasteiger partial charge in [0.2, 0.25) is 0 Å². The van der Waals surface area contributed by atoms with Crippen molar-refractivity contribution in [3.63, 3.8) is 0 Å². The molecule has 3 aliphatic rings. The number of nitrogens with zero attached hydrogens (tertiary/aromatic N) is 3. The van der Waals surface area contributed by atoms with Crippen molar-refractivity contribution < 1.29 is 9.53 Å². The van der Waals surface area contributed by atoms with Crippen LogP contribution in [0.2, 0.25) is 0 Å². The number of hydrogen-bond donors (Lipinski definition) is 2. The summed E-state index contributed by atoms with van der Waals surface area (Å²) in [5, 5.41) is 15.4. The Morgan fingerprint density at radius 1 is 1.06 bits per heavy atom. The number of benzene rings is 1. The zero-order valence-electron chi connectivity index (χ0n) is 18.4. The van der Waals surface area contributed by atoms with Crippen LogP contribution in [0.3, 0.4) is 0 Å². The molecule has 3 fully saturated rings. The second-order valence-electron chi connectivity index (χ2n) is 9.13. The molecule has 7 nitrogen and oxygen atoms in total. The highest BCUT2D eigenvalue weighted by Crippen LogP contribution is 2.33. The van der Waals surface area contributed by atoms with Crippen molar-refractivity contribution in [2.45, 2.75) is 56.5 Å². The van der Waals surface area contributed by atoms with Crippen molar-refractivity contribution in [3.8, 4) is 6.07 Å². The van der Waals surface area contributed by atoms with E-state index >= 15 is 0 Å². The summed E-state index contributed by atoms with van der Waals surface area (Å²) in [6.07, 6.45) is 7.98. The predicted octanol–water partition coefficient (Wildman–Crippen LogP) is 2.86. The van der Waals surface area contributed by atoms with Crippen LogP contribution in [0.5, 0.6) is 0 Å². The SMILES string of the molecule is N#Cc1ccc(N2CCC(NC(=O)NCC3(N4CCOCC4)CCCCC3)CC2)cc1. The molecule has 4 rings (SSSR count).